The first-order valence-corrected chi connectivity index (χ1v) is 9.37. The number of methoxy groups -OCH3 is 2. The second-order valence-corrected chi connectivity index (χ2v) is 7.17. The van der Waals surface area contributed by atoms with Crippen molar-refractivity contribution in [3.8, 4) is 11.5 Å². The van der Waals surface area contributed by atoms with E-state index in [2.05, 4.69) is 21.2 Å². The van der Waals surface area contributed by atoms with Crippen LogP contribution < -0.4 is 19.7 Å². The van der Waals surface area contributed by atoms with Gasteiger partial charge in [0.15, 0.2) is 0 Å². The van der Waals surface area contributed by atoms with Crippen LogP contribution in [0.3, 0.4) is 0 Å². The van der Waals surface area contributed by atoms with E-state index >= 15 is 0 Å². The monoisotopic (exact) mass is 432 g/mol. The van der Waals surface area contributed by atoms with Gasteiger partial charge in [-0.25, -0.2) is 0 Å². The Bertz CT molecular complexity index is 833. The van der Waals surface area contributed by atoms with Crippen molar-refractivity contribution in [1.82, 2.24) is 5.32 Å². The zero-order chi connectivity index (χ0) is 19.4. The molecule has 1 fully saturated rings. The van der Waals surface area contributed by atoms with Crippen molar-refractivity contribution in [2.45, 2.75) is 13.0 Å². The number of rotatable bonds is 6. The molecule has 0 radical (unpaired) electrons. The number of nitrogens with zero attached hydrogens (tertiary/aromatic N) is 1. The first-order chi connectivity index (χ1) is 13.0. The van der Waals surface area contributed by atoms with Gasteiger partial charge < -0.3 is 19.7 Å². The molecule has 142 valence electrons. The molecule has 1 aliphatic rings. The number of carbonyl (C=O) groups is 2. The molecule has 0 aliphatic carbocycles. The average Bonchev–Trinajstić information content (AvgIpc) is 3.07. The van der Waals surface area contributed by atoms with E-state index in [1.165, 1.54) is 0 Å². The molecule has 0 bridgehead atoms. The lowest BCUT2D eigenvalue weighted by molar-refractivity contribution is -0.132. The fourth-order valence-corrected chi connectivity index (χ4v) is 3.49. The minimum atomic E-state index is -0.670. The predicted octanol–water partition coefficient (Wildman–Crippen LogP) is 3.14. The van der Waals surface area contributed by atoms with Crippen LogP contribution in [0, 0.1) is 5.92 Å². The van der Waals surface area contributed by atoms with Gasteiger partial charge in [-0.05, 0) is 42.3 Å². The second-order valence-electron chi connectivity index (χ2n) is 6.25. The van der Waals surface area contributed by atoms with Gasteiger partial charge >= 0.3 is 0 Å². The molecule has 2 aromatic carbocycles. The predicted molar refractivity (Wildman–Crippen MR) is 106 cm³/mol. The number of benzene rings is 2. The van der Waals surface area contributed by atoms with Crippen LogP contribution in [-0.4, -0.2) is 32.6 Å². The van der Waals surface area contributed by atoms with Crippen molar-refractivity contribution < 1.29 is 19.1 Å². The lowest BCUT2D eigenvalue weighted by atomic mass is 10.1. The van der Waals surface area contributed by atoms with E-state index in [1.54, 1.807) is 25.2 Å². The van der Waals surface area contributed by atoms with Crippen LogP contribution in [0.25, 0.3) is 0 Å². The molecule has 3 rings (SSSR count). The number of hydrogen-bond donors (Lipinski definition) is 1. The van der Waals surface area contributed by atoms with Crippen LogP contribution in [0.5, 0.6) is 11.5 Å². The van der Waals surface area contributed by atoms with Crippen molar-refractivity contribution in [2.24, 2.45) is 5.92 Å². The largest absolute Gasteiger partial charge is 0.497 e. The summed E-state index contributed by atoms with van der Waals surface area (Å²) in [7, 11) is 3.15. The van der Waals surface area contributed by atoms with Gasteiger partial charge in [0.2, 0.25) is 11.8 Å². The summed E-state index contributed by atoms with van der Waals surface area (Å²) in [6.45, 7) is 0.827. The number of amides is 2. The summed E-state index contributed by atoms with van der Waals surface area (Å²) in [6.07, 6.45) is 0.499. The van der Waals surface area contributed by atoms with Gasteiger partial charge in [-0.2, -0.15) is 0 Å². The molecule has 0 saturated carbocycles. The molecule has 1 aliphatic heterocycles. The van der Waals surface area contributed by atoms with Crippen molar-refractivity contribution in [2.75, 3.05) is 25.7 Å². The summed E-state index contributed by atoms with van der Waals surface area (Å²) in [6, 6.07) is 12.9. The minimum Gasteiger partial charge on any atom is -0.497 e. The van der Waals surface area contributed by atoms with Crippen LogP contribution in [0.15, 0.2) is 46.9 Å². The Kier molecular flexibility index (Phi) is 6.01. The summed E-state index contributed by atoms with van der Waals surface area (Å²) in [4.78, 5) is 26.9. The Balaban J connectivity index is 1.64. The highest BCUT2D eigenvalue weighted by Crippen LogP contribution is 2.28. The lowest BCUT2D eigenvalue weighted by Crippen LogP contribution is -2.36. The second kappa shape index (κ2) is 8.43. The zero-order valence-corrected chi connectivity index (χ0v) is 16.8. The summed E-state index contributed by atoms with van der Waals surface area (Å²) in [5.41, 5.74) is 1.64. The lowest BCUT2D eigenvalue weighted by Gasteiger charge is -2.17. The normalized spacial score (nSPS) is 16.3. The van der Waals surface area contributed by atoms with E-state index in [4.69, 9.17) is 9.47 Å². The maximum atomic E-state index is 12.7. The average molecular weight is 433 g/mol. The number of hydrogen-bond acceptors (Lipinski definition) is 4. The first kappa shape index (κ1) is 19.2. The van der Waals surface area contributed by atoms with Crippen LogP contribution >= 0.6 is 15.9 Å². The smallest absolute Gasteiger partial charge is 0.239 e. The van der Waals surface area contributed by atoms with E-state index < -0.39 is 5.92 Å². The molecule has 2 amide bonds. The Labute approximate surface area is 166 Å². The van der Waals surface area contributed by atoms with Gasteiger partial charge in [-0.15, -0.1) is 0 Å². The Morgan fingerprint density at radius 3 is 2.52 bits per heavy atom. The van der Waals surface area contributed by atoms with Gasteiger partial charge in [-0.1, -0.05) is 22.0 Å². The fraction of sp³-hybridized carbons (Fsp3) is 0.300. The highest BCUT2D eigenvalue weighted by Gasteiger charge is 2.37. The van der Waals surface area contributed by atoms with Crippen molar-refractivity contribution >= 4 is 33.4 Å². The van der Waals surface area contributed by atoms with Crippen LogP contribution in [0.1, 0.15) is 12.0 Å². The summed E-state index contributed by atoms with van der Waals surface area (Å²) < 4.78 is 11.4. The third-order valence-corrected chi connectivity index (χ3v) is 5.01. The molecule has 27 heavy (non-hydrogen) atoms. The van der Waals surface area contributed by atoms with Crippen molar-refractivity contribution in [3.05, 3.63) is 52.5 Å². The fourth-order valence-electron chi connectivity index (χ4n) is 3.10. The van der Waals surface area contributed by atoms with Crippen LogP contribution in [0.2, 0.25) is 0 Å². The van der Waals surface area contributed by atoms with Gasteiger partial charge in [0.1, 0.15) is 17.4 Å². The molecular formula is C20H21BrN2O4. The van der Waals surface area contributed by atoms with E-state index in [0.717, 1.165) is 15.7 Å². The number of carbonyl (C=O) groups excluding carboxylic acids is 2. The maximum absolute atomic E-state index is 12.7. The molecule has 1 heterocycles. The highest BCUT2D eigenvalue weighted by molar-refractivity contribution is 9.10. The van der Waals surface area contributed by atoms with E-state index in [9.17, 15) is 9.59 Å². The zero-order valence-electron chi connectivity index (χ0n) is 15.2. The molecular weight excluding hydrogens is 412 g/mol. The highest BCUT2D eigenvalue weighted by atomic mass is 79.9. The molecule has 2 aromatic rings. The molecule has 1 unspecified atom stereocenters. The first-order valence-electron chi connectivity index (χ1n) is 8.58. The van der Waals surface area contributed by atoms with Gasteiger partial charge in [0.25, 0.3) is 0 Å². The van der Waals surface area contributed by atoms with E-state index in [1.807, 2.05) is 36.4 Å². The maximum Gasteiger partial charge on any atom is 0.239 e. The molecule has 1 saturated heterocycles. The van der Waals surface area contributed by atoms with Gasteiger partial charge in [0, 0.05) is 29.3 Å². The molecule has 0 aromatic heterocycles. The molecule has 1 atom stereocenters. The summed E-state index contributed by atoms with van der Waals surface area (Å²) >= 11 is 3.41. The summed E-state index contributed by atoms with van der Waals surface area (Å²) in [5.74, 6) is 0.192. The third-order valence-electron chi connectivity index (χ3n) is 4.52. The van der Waals surface area contributed by atoms with Crippen LogP contribution in [0.4, 0.5) is 5.69 Å². The van der Waals surface area contributed by atoms with Crippen LogP contribution in [-0.2, 0) is 16.1 Å². The number of ether oxygens (including phenoxy) is 2. The summed E-state index contributed by atoms with van der Waals surface area (Å²) in [5, 5.41) is 2.85. The molecule has 7 heteroatoms. The number of anilines is 1. The Morgan fingerprint density at radius 2 is 1.89 bits per heavy atom. The molecule has 1 N–H and O–H groups in total. The van der Waals surface area contributed by atoms with E-state index in [0.29, 0.717) is 31.0 Å². The SMILES string of the molecule is COc1cc(CNC(=O)C2CCN(c3cccc(Br)c3)C2=O)cc(OC)c1. The quantitative estimate of drug-likeness (QED) is 0.711. The van der Waals surface area contributed by atoms with Gasteiger partial charge in [0.05, 0.1) is 14.2 Å². The number of nitrogens with one attached hydrogen (secondary N) is 1. The van der Waals surface area contributed by atoms with Crippen molar-refractivity contribution in [3.63, 3.8) is 0 Å². The standard InChI is InChI=1S/C20H21BrN2O4/c1-26-16-8-13(9-17(11-16)27-2)12-22-19(24)18-6-7-23(20(18)25)15-5-3-4-14(21)10-15/h3-5,8-11,18H,6-7,12H2,1-2H3,(H,22,24). The van der Waals surface area contributed by atoms with Crippen molar-refractivity contribution in [1.29, 1.82) is 0 Å². The van der Waals surface area contributed by atoms with E-state index in [-0.39, 0.29) is 11.8 Å². The molecule has 0 spiro atoms. The minimum absolute atomic E-state index is 0.172. The third kappa shape index (κ3) is 4.42. The van der Waals surface area contributed by atoms with Gasteiger partial charge in [-0.3, -0.25) is 9.59 Å². The topological polar surface area (TPSA) is 67.9 Å². The molecule has 6 nitrogen and oxygen atoms in total. The number of halogens is 1. The Morgan fingerprint density at radius 1 is 1.19 bits per heavy atom. The Hall–Kier alpha value is -2.54.